The first kappa shape index (κ1) is 98.1. The maximum absolute atomic E-state index is 7.09. The lowest BCUT2D eigenvalue weighted by molar-refractivity contribution is 0.232. The van der Waals surface area contributed by atoms with E-state index in [1.165, 1.54) is 320 Å². The van der Waals surface area contributed by atoms with Crippen molar-refractivity contribution in [2.45, 2.75) is 447 Å². The maximum atomic E-state index is 7.09. The third-order valence-corrected chi connectivity index (χ3v) is 22.3. The molecule has 0 atom stereocenters. The Hall–Kier alpha value is -5.24. The van der Waals surface area contributed by atoms with Crippen LogP contribution in [0.3, 0.4) is 0 Å². The molecule has 8 heteroatoms. The first-order valence-corrected chi connectivity index (χ1v) is 47.8. The van der Waals surface area contributed by atoms with Gasteiger partial charge in [-0.05, 0) is 117 Å². The van der Waals surface area contributed by atoms with Crippen molar-refractivity contribution in [3.63, 3.8) is 0 Å². The van der Waals surface area contributed by atoms with Gasteiger partial charge in [0.1, 0.15) is 24.7 Å². The van der Waals surface area contributed by atoms with Crippen LogP contribution in [-0.4, -0.2) is 39.6 Å². The van der Waals surface area contributed by atoms with Crippen LogP contribution in [0, 0.1) is 6.92 Å². The minimum atomic E-state index is 0.317. The van der Waals surface area contributed by atoms with Gasteiger partial charge in [0.15, 0.2) is 23.0 Å². The predicted molar refractivity (Wildman–Crippen MR) is 482 cm³/mol. The van der Waals surface area contributed by atoms with Crippen LogP contribution in [0.1, 0.15) is 461 Å². The first-order valence-electron chi connectivity index (χ1n) is 47.8. The van der Waals surface area contributed by atoms with Gasteiger partial charge < -0.3 is 37.9 Å². The van der Waals surface area contributed by atoms with Crippen molar-refractivity contribution in [1.82, 2.24) is 0 Å². The third kappa shape index (κ3) is 50.7. The van der Waals surface area contributed by atoms with Crippen LogP contribution in [-0.2, 0) is 13.2 Å². The highest BCUT2D eigenvalue weighted by atomic mass is 16.6. The Labute approximate surface area is 685 Å². The van der Waals surface area contributed by atoms with E-state index in [-0.39, 0.29) is 0 Å². The van der Waals surface area contributed by atoms with E-state index in [4.69, 9.17) is 37.9 Å². The zero-order chi connectivity index (χ0) is 79.0. The molecular formula is C103H172O8. The summed E-state index contributed by atoms with van der Waals surface area (Å²) in [6.07, 6.45) is 84.0. The minimum Gasteiger partial charge on any atom is -0.490 e. The Morgan fingerprint density at radius 1 is 0.216 bits per heavy atom. The number of rotatable bonds is 80. The lowest BCUT2D eigenvalue weighted by Crippen LogP contribution is -2.08. The van der Waals surface area contributed by atoms with Gasteiger partial charge in [-0.3, -0.25) is 0 Å². The molecule has 0 heterocycles. The molecule has 0 aromatic heterocycles. The second kappa shape index (κ2) is 71.3. The minimum absolute atomic E-state index is 0.317. The number of unbranched alkanes of at least 4 members (excludes halogenated alkanes) is 53. The molecule has 4 aromatic rings. The molecule has 0 N–H and O–H groups in total. The molecule has 0 aliphatic rings. The molecule has 0 spiro atoms. The molecule has 0 saturated carbocycles. The van der Waals surface area contributed by atoms with Gasteiger partial charge in [-0.15, -0.1) is 0 Å². The van der Waals surface area contributed by atoms with Crippen LogP contribution >= 0.6 is 0 Å². The Kier molecular flexibility index (Phi) is 63.0. The van der Waals surface area contributed by atoms with Crippen molar-refractivity contribution in [2.24, 2.45) is 0 Å². The Bertz CT molecular complexity index is 2770. The molecule has 8 nitrogen and oxygen atoms in total. The highest BCUT2D eigenvalue weighted by molar-refractivity contribution is 5.74. The summed E-state index contributed by atoms with van der Waals surface area (Å²) in [6.45, 7) is 22.5. The predicted octanol–water partition coefficient (Wildman–Crippen LogP) is 33.8. The fourth-order valence-electron chi connectivity index (χ4n) is 15.1. The molecule has 632 valence electrons. The smallest absolute Gasteiger partial charge is 0.203 e. The van der Waals surface area contributed by atoms with E-state index in [0.717, 1.165) is 138 Å². The van der Waals surface area contributed by atoms with Crippen molar-refractivity contribution >= 4 is 18.2 Å². The van der Waals surface area contributed by atoms with E-state index in [0.29, 0.717) is 52.9 Å². The second-order valence-electron chi connectivity index (χ2n) is 32.9. The lowest BCUT2D eigenvalue weighted by Gasteiger charge is -2.20. The number of ether oxygens (including phenoxy) is 8. The lowest BCUT2D eigenvalue weighted by atomic mass is 10.1. The van der Waals surface area contributed by atoms with Crippen molar-refractivity contribution in [3.05, 3.63) is 100 Å². The zero-order valence-electron chi connectivity index (χ0n) is 73.7. The van der Waals surface area contributed by atoms with Gasteiger partial charge in [-0.25, -0.2) is 0 Å². The van der Waals surface area contributed by atoms with Crippen molar-refractivity contribution < 1.29 is 37.9 Å². The summed E-state index contributed by atoms with van der Waals surface area (Å²) in [5, 5.41) is 0. The van der Waals surface area contributed by atoms with Crippen LogP contribution in [0.5, 0.6) is 46.0 Å². The van der Waals surface area contributed by atoms with Crippen LogP contribution in [0.25, 0.3) is 18.2 Å². The van der Waals surface area contributed by atoms with Crippen LogP contribution < -0.4 is 37.9 Å². The van der Waals surface area contributed by atoms with Gasteiger partial charge >= 0.3 is 0 Å². The molecule has 0 bridgehead atoms. The van der Waals surface area contributed by atoms with Gasteiger partial charge in [-0.1, -0.05) is 430 Å². The number of benzene rings is 4. The Morgan fingerprint density at radius 2 is 0.441 bits per heavy atom. The van der Waals surface area contributed by atoms with Gasteiger partial charge in [0.2, 0.25) is 11.5 Å². The number of allylic oxidation sites excluding steroid dienone is 1. The number of hydrogen-bond donors (Lipinski definition) is 0. The second-order valence-corrected chi connectivity index (χ2v) is 32.9. The van der Waals surface area contributed by atoms with Gasteiger partial charge in [0, 0.05) is 5.56 Å². The summed E-state index contributed by atoms with van der Waals surface area (Å²) in [7, 11) is 0. The normalized spacial score (nSPS) is 11.6. The van der Waals surface area contributed by atoms with E-state index < -0.39 is 0 Å². The van der Waals surface area contributed by atoms with Gasteiger partial charge in [0.25, 0.3) is 0 Å². The van der Waals surface area contributed by atoms with E-state index in [2.05, 4.69) is 140 Å². The standard InChI is InChI=1S/C103H172O8/c1-9-16-22-28-34-40-46-52-58-64-76-104-98-83-93(84-99(105-77-65-59-53-47-41-35-29-23-17-10-2)102(98)108-80-67-61-55-49-43-37-31-25-19-12-4)88-110-96-87-95(75-74-92-72-70-91(69-15-7)71-73-92)97(82-90(96)8)111-89-94-85-100(106-78-63-57-51-45-39-33-27-21-14-6)103(109-81-68-62-56-50-44-38-32-26-20-13-5)101(86-94)107-79-66-60-54-48-42-36-30-24-18-11-3/h15,69-75,82-87H,9-14,16-68,76-81,88-89H2,1-8H3/b69-15+,75-74+. The summed E-state index contributed by atoms with van der Waals surface area (Å²) in [4.78, 5) is 0. The highest BCUT2D eigenvalue weighted by Gasteiger charge is 2.21. The molecule has 0 unspecified atom stereocenters. The summed E-state index contributed by atoms with van der Waals surface area (Å²) in [6, 6.07) is 21.7. The van der Waals surface area contributed by atoms with E-state index >= 15 is 0 Å². The van der Waals surface area contributed by atoms with Crippen LogP contribution in [0.4, 0.5) is 0 Å². The summed E-state index contributed by atoms with van der Waals surface area (Å²) >= 11 is 0. The molecule has 0 fully saturated rings. The fraction of sp³-hybridized carbons (Fsp3) is 0.728. The molecule has 0 aliphatic carbocycles. The number of aryl methyl sites for hydroxylation is 1. The molecule has 4 aromatic carbocycles. The van der Waals surface area contributed by atoms with E-state index in [1.807, 2.05) is 0 Å². The molecule has 4 rings (SSSR count). The van der Waals surface area contributed by atoms with Crippen molar-refractivity contribution in [1.29, 1.82) is 0 Å². The molecule has 0 radical (unpaired) electrons. The third-order valence-electron chi connectivity index (χ3n) is 22.3. The van der Waals surface area contributed by atoms with Crippen molar-refractivity contribution in [3.8, 4) is 46.0 Å². The average molecular weight is 1540 g/mol. The molecule has 0 aliphatic heterocycles. The molecular weight excluding hydrogens is 1370 g/mol. The SMILES string of the molecule is C/C=C/c1ccc(/C=C/c2cc(OCc3cc(OCCCCCCCCCCCC)c(OCCCCCCCCCCCC)c(OCCCCCCCCCCCC)c3)c(C)cc2OCc2cc(OCCCCCCCCCCC)c(OCCCCCCCCCCCC)c(OCCCCCCCCCCCC)c2)cc1. The highest BCUT2D eigenvalue weighted by Crippen LogP contribution is 2.43. The van der Waals surface area contributed by atoms with Crippen molar-refractivity contribution in [2.75, 3.05) is 39.6 Å². The quantitative estimate of drug-likeness (QED) is 0.0320. The monoisotopic (exact) mass is 1540 g/mol. The summed E-state index contributed by atoms with van der Waals surface area (Å²) < 4.78 is 55.4. The number of hydrogen-bond acceptors (Lipinski definition) is 8. The molecule has 111 heavy (non-hydrogen) atoms. The first-order chi connectivity index (χ1) is 54.9. The van der Waals surface area contributed by atoms with Crippen LogP contribution in [0.2, 0.25) is 0 Å². The van der Waals surface area contributed by atoms with Gasteiger partial charge in [0.05, 0.1) is 39.6 Å². The summed E-state index contributed by atoms with van der Waals surface area (Å²) in [5.41, 5.74) is 6.19. The molecule has 0 amide bonds. The fourth-order valence-corrected chi connectivity index (χ4v) is 15.1. The Balaban J connectivity index is 1.70. The maximum Gasteiger partial charge on any atom is 0.203 e. The van der Waals surface area contributed by atoms with Crippen LogP contribution in [0.15, 0.2) is 66.7 Å². The van der Waals surface area contributed by atoms with Gasteiger partial charge in [-0.2, -0.15) is 0 Å². The topological polar surface area (TPSA) is 73.8 Å². The van der Waals surface area contributed by atoms with E-state index in [9.17, 15) is 0 Å². The zero-order valence-corrected chi connectivity index (χ0v) is 73.7. The average Bonchev–Trinajstić information content (AvgIpc) is 0.820. The largest absolute Gasteiger partial charge is 0.490 e. The van der Waals surface area contributed by atoms with E-state index in [1.54, 1.807) is 0 Å². The summed E-state index contributed by atoms with van der Waals surface area (Å²) in [5.74, 6) is 6.11. The molecule has 0 saturated heterocycles. The Morgan fingerprint density at radius 3 is 0.694 bits per heavy atom.